The van der Waals surface area contributed by atoms with Crippen molar-refractivity contribution in [3.63, 3.8) is 0 Å². The summed E-state index contributed by atoms with van der Waals surface area (Å²) in [5.74, 6) is 0.643. The summed E-state index contributed by atoms with van der Waals surface area (Å²) in [4.78, 5) is 28.9. The molecule has 2 amide bonds. The highest BCUT2D eigenvalue weighted by Crippen LogP contribution is 2.31. The minimum absolute atomic E-state index is 0.0969. The molecule has 4 rings (SSSR count). The van der Waals surface area contributed by atoms with Gasteiger partial charge in [-0.15, -0.1) is 0 Å². The Kier molecular flexibility index (Phi) is 4.64. The maximum atomic E-state index is 12.4. The first-order chi connectivity index (χ1) is 13.1. The topological polar surface area (TPSA) is 89.6 Å². The van der Waals surface area contributed by atoms with Crippen molar-refractivity contribution >= 4 is 44.2 Å². The smallest absolute Gasteiger partial charge is 0.266 e. The monoisotopic (exact) mass is 383 g/mol. The lowest BCUT2D eigenvalue weighted by atomic mass is 10.1. The second-order valence-electron chi connectivity index (χ2n) is 5.93. The van der Waals surface area contributed by atoms with Crippen LogP contribution in [0.5, 0.6) is 11.5 Å². The van der Waals surface area contributed by atoms with E-state index in [1.165, 1.54) is 11.3 Å². The summed E-state index contributed by atoms with van der Waals surface area (Å²) >= 11 is 1.35. The molecule has 0 fully saturated rings. The molecule has 2 N–H and O–H groups in total. The molecule has 1 atom stereocenters. The molecule has 0 spiro atoms. The van der Waals surface area contributed by atoms with Crippen molar-refractivity contribution in [1.82, 2.24) is 4.98 Å². The number of anilines is 2. The van der Waals surface area contributed by atoms with E-state index in [0.29, 0.717) is 23.2 Å². The number of fused-ring (bicyclic) bond motifs is 2. The average Bonchev–Trinajstić information content (AvgIpc) is 3.04. The van der Waals surface area contributed by atoms with Crippen molar-refractivity contribution in [2.75, 3.05) is 17.2 Å². The van der Waals surface area contributed by atoms with Gasteiger partial charge in [0.1, 0.15) is 11.5 Å². The van der Waals surface area contributed by atoms with Crippen LogP contribution in [0.25, 0.3) is 10.2 Å². The fourth-order valence-electron chi connectivity index (χ4n) is 2.78. The highest BCUT2D eigenvalue weighted by Gasteiger charge is 2.29. The number of amides is 2. The van der Waals surface area contributed by atoms with Crippen LogP contribution < -0.4 is 20.1 Å². The molecule has 0 unspecified atom stereocenters. The molecule has 1 aliphatic heterocycles. The molecular formula is C19H17N3O4S. The molecule has 7 nitrogen and oxygen atoms in total. The third kappa shape index (κ3) is 3.70. The number of ether oxygens (including phenoxy) is 2. The first kappa shape index (κ1) is 17.3. The number of carbonyl (C=O) groups excluding carboxylic acids is 2. The molecule has 138 valence electrons. The minimum Gasteiger partial charge on any atom is -0.494 e. The number of benzene rings is 2. The number of thiazole rings is 1. The summed E-state index contributed by atoms with van der Waals surface area (Å²) in [6, 6.07) is 12.7. The van der Waals surface area contributed by atoms with Crippen molar-refractivity contribution in [2.45, 2.75) is 19.4 Å². The number of hydrogen-bond donors (Lipinski definition) is 2. The molecule has 0 saturated carbocycles. The van der Waals surface area contributed by atoms with Gasteiger partial charge < -0.3 is 20.1 Å². The van der Waals surface area contributed by atoms with E-state index >= 15 is 0 Å². The zero-order valence-corrected chi connectivity index (χ0v) is 15.3. The van der Waals surface area contributed by atoms with Crippen LogP contribution in [0.2, 0.25) is 0 Å². The Bertz CT molecular complexity index is 1020. The number of rotatable bonds is 5. The minimum atomic E-state index is -0.876. The molecule has 0 bridgehead atoms. The molecule has 1 aromatic heterocycles. The van der Waals surface area contributed by atoms with Crippen LogP contribution in [0.1, 0.15) is 13.3 Å². The molecule has 0 saturated heterocycles. The zero-order valence-electron chi connectivity index (χ0n) is 14.5. The average molecular weight is 383 g/mol. The van der Waals surface area contributed by atoms with E-state index in [1.807, 2.05) is 31.2 Å². The lowest BCUT2D eigenvalue weighted by Gasteiger charge is -2.25. The summed E-state index contributed by atoms with van der Waals surface area (Å²) in [5.41, 5.74) is 1.38. The Labute approximate surface area is 159 Å². The number of nitrogens with zero attached hydrogens (tertiary/aromatic N) is 1. The molecule has 0 radical (unpaired) electrons. The first-order valence-corrected chi connectivity index (χ1v) is 9.34. The van der Waals surface area contributed by atoms with E-state index in [-0.39, 0.29) is 18.2 Å². The molecule has 3 aromatic rings. The Morgan fingerprint density at radius 3 is 3.04 bits per heavy atom. The maximum Gasteiger partial charge on any atom is 0.266 e. The molecule has 2 heterocycles. The Balaban J connectivity index is 1.43. The Morgan fingerprint density at radius 2 is 2.19 bits per heavy atom. The molecule has 27 heavy (non-hydrogen) atoms. The summed E-state index contributed by atoms with van der Waals surface area (Å²) in [7, 11) is 0. The highest BCUT2D eigenvalue weighted by atomic mass is 32.1. The van der Waals surface area contributed by atoms with Gasteiger partial charge in [-0.25, -0.2) is 4.98 Å². The van der Waals surface area contributed by atoms with E-state index < -0.39 is 6.10 Å². The van der Waals surface area contributed by atoms with Crippen molar-refractivity contribution in [2.24, 2.45) is 0 Å². The number of para-hydroxylation sites is 2. The Morgan fingerprint density at radius 1 is 1.33 bits per heavy atom. The van der Waals surface area contributed by atoms with Crippen LogP contribution in [-0.2, 0) is 9.59 Å². The van der Waals surface area contributed by atoms with E-state index in [9.17, 15) is 9.59 Å². The van der Waals surface area contributed by atoms with Gasteiger partial charge in [0.05, 0.1) is 28.9 Å². The fourth-order valence-corrected chi connectivity index (χ4v) is 3.69. The highest BCUT2D eigenvalue weighted by molar-refractivity contribution is 7.22. The van der Waals surface area contributed by atoms with Crippen molar-refractivity contribution in [3.8, 4) is 11.5 Å². The van der Waals surface area contributed by atoms with Gasteiger partial charge in [-0.1, -0.05) is 23.5 Å². The van der Waals surface area contributed by atoms with Gasteiger partial charge in [0.15, 0.2) is 11.2 Å². The second-order valence-corrected chi connectivity index (χ2v) is 6.96. The number of aromatic nitrogens is 1. The quantitative estimate of drug-likeness (QED) is 0.705. The molecule has 0 aliphatic carbocycles. The van der Waals surface area contributed by atoms with Crippen LogP contribution in [-0.4, -0.2) is 29.5 Å². The maximum absolute atomic E-state index is 12.4. The van der Waals surface area contributed by atoms with Crippen LogP contribution >= 0.6 is 11.3 Å². The van der Waals surface area contributed by atoms with Gasteiger partial charge in [-0.3, -0.25) is 9.59 Å². The fraction of sp³-hybridized carbons (Fsp3) is 0.211. The van der Waals surface area contributed by atoms with E-state index in [4.69, 9.17) is 9.47 Å². The van der Waals surface area contributed by atoms with Gasteiger partial charge in [0.2, 0.25) is 5.91 Å². The zero-order chi connectivity index (χ0) is 18.8. The van der Waals surface area contributed by atoms with Gasteiger partial charge in [-0.05, 0) is 37.3 Å². The van der Waals surface area contributed by atoms with Gasteiger partial charge in [0, 0.05) is 0 Å². The van der Waals surface area contributed by atoms with E-state index in [1.54, 1.807) is 18.2 Å². The van der Waals surface area contributed by atoms with Crippen LogP contribution in [0.15, 0.2) is 42.5 Å². The molecular weight excluding hydrogens is 366 g/mol. The second kappa shape index (κ2) is 7.24. The number of carbonyl (C=O) groups is 2. The van der Waals surface area contributed by atoms with Crippen molar-refractivity contribution in [1.29, 1.82) is 0 Å². The van der Waals surface area contributed by atoms with Gasteiger partial charge in [-0.2, -0.15) is 0 Å². The number of hydrogen-bond acceptors (Lipinski definition) is 6. The van der Waals surface area contributed by atoms with E-state index in [0.717, 1.165) is 16.0 Å². The summed E-state index contributed by atoms with van der Waals surface area (Å²) < 4.78 is 12.0. The third-order valence-electron chi connectivity index (χ3n) is 3.99. The largest absolute Gasteiger partial charge is 0.494 e. The van der Waals surface area contributed by atoms with Crippen LogP contribution in [0.3, 0.4) is 0 Å². The predicted octanol–water partition coefficient (Wildman–Crippen LogP) is 3.42. The van der Waals surface area contributed by atoms with Crippen LogP contribution in [0, 0.1) is 0 Å². The van der Waals surface area contributed by atoms with Crippen LogP contribution in [0.4, 0.5) is 10.8 Å². The summed E-state index contributed by atoms with van der Waals surface area (Å²) in [6.07, 6.45) is -0.973. The predicted molar refractivity (Wildman–Crippen MR) is 104 cm³/mol. The van der Waals surface area contributed by atoms with Crippen molar-refractivity contribution in [3.05, 3.63) is 42.5 Å². The van der Waals surface area contributed by atoms with Gasteiger partial charge in [0.25, 0.3) is 5.91 Å². The SMILES string of the molecule is CCOc1ccc2nc(NC(=O)C[C@@H]3Oc4ccccc4NC3=O)sc2c1. The lowest BCUT2D eigenvalue weighted by Crippen LogP contribution is -2.39. The number of nitrogens with one attached hydrogen (secondary N) is 2. The molecule has 2 aromatic carbocycles. The lowest BCUT2D eigenvalue weighted by molar-refractivity contribution is -0.128. The third-order valence-corrected chi connectivity index (χ3v) is 4.93. The Hall–Kier alpha value is -3.13. The standard InChI is InChI=1S/C19H17N3O4S/c1-2-25-11-7-8-13-16(9-11)27-19(21-13)22-17(23)10-15-18(24)20-12-5-3-4-6-14(12)26-15/h3-9,15H,2,10H2,1H3,(H,20,24)(H,21,22,23)/t15-/m0/s1. The van der Waals surface area contributed by atoms with E-state index in [2.05, 4.69) is 15.6 Å². The summed E-state index contributed by atoms with van der Waals surface area (Å²) in [5, 5.41) is 5.96. The molecule has 1 aliphatic rings. The first-order valence-electron chi connectivity index (χ1n) is 8.52. The van der Waals surface area contributed by atoms with Crippen molar-refractivity contribution < 1.29 is 19.1 Å². The normalized spacial score (nSPS) is 15.6. The summed E-state index contributed by atoms with van der Waals surface area (Å²) in [6.45, 7) is 2.50. The molecule has 8 heteroatoms. The van der Waals surface area contributed by atoms with Gasteiger partial charge >= 0.3 is 0 Å².